The zero-order valence-electron chi connectivity index (χ0n) is 28.9. The van der Waals surface area contributed by atoms with Crippen LogP contribution in [0.1, 0.15) is 44.7 Å². The SMILES string of the molecule is O=C([O-])CCN(O)CCC(=O)[O-].O=C([O-])CN(O)CC(=O)[O-].O=C([O-])c1ccc(CN(O)Cc2ccc(C(=O)[O-])cc2)cc1.[Na+].[Na+].[Na+].[Na+].[Na+].[Na+]. The normalized spacial score (nSPS) is 9.08. The molecule has 3 N–H and O–H groups in total. The van der Waals surface area contributed by atoms with Gasteiger partial charge in [0.2, 0.25) is 0 Å². The van der Waals surface area contributed by atoms with E-state index in [0.29, 0.717) is 5.06 Å². The first-order valence-electron chi connectivity index (χ1n) is 12.2. The van der Waals surface area contributed by atoms with Gasteiger partial charge in [-0.1, -0.05) is 48.5 Å². The van der Waals surface area contributed by atoms with E-state index in [0.717, 1.165) is 16.2 Å². The topological polar surface area (TPSA) is 311 Å². The number of rotatable bonds is 16. The number of hydroxylamine groups is 6. The van der Waals surface area contributed by atoms with Crippen molar-refractivity contribution in [1.29, 1.82) is 0 Å². The van der Waals surface area contributed by atoms with Gasteiger partial charge >= 0.3 is 177 Å². The molecule has 0 bridgehead atoms. The minimum absolute atomic E-state index is 0. The molecule has 0 atom stereocenters. The number of hydrogen-bond acceptors (Lipinski definition) is 18. The predicted molar refractivity (Wildman–Crippen MR) is 129 cm³/mol. The fourth-order valence-electron chi connectivity index (χ4n) is 2.88. The van der Waals surface area contributed by atoms with Crippen molar-refractivity contribution in [3.63, 3.8) is 0 Å². The molecule has 50 heavy (non-hydrogen) atoms. The minimum Gasteiger partial charge on any atom is -0.550 e. The van der Waals surface area contributed by atoms with E-state index < -0.39 is 48.9 Å². The van der Waals surface area contributed by atoms with Gasteiger partial charge in [-0.05, 0) is 22.3 Å². The van der Waals surface area contributed by atoms with Crippen molar-refractivity contribution in [3.8, 4) is 0 Å². The third-order valence-electron chi connectivity index (χ3n) is 4.88. The van der Waals surface area contributed by atoms with Crippen molar-refractivity contribution in [2.45, 2.75) is 25.9 Å². The van der Waals surface area contributed by atoms with Crippen LogP contribution in [0.15, 0.2) is 48.5 Å². The van der Waals surface area contributed by atoms with Gasteiger partial charge in [0.1, 0.15) is 0 Å². The van der Waals surface area contributed by atoms with Crippen LogP contribution in [-0.2, 0) is 32.3 Å². The van der Waals surface area contributed by atoms with Crippen LogP contribution in [0, 0.1) is 0 Å². The molecule has 0 saturated heterocycles. The maximum Gasteiger partial charge on any atom is 1.00 e. The van der Waals surface area contributed by atoms with Crippen molar-refractivity contribution in [1.82, 2.24) is 15.2 Å². The van der Waals surface area contributed by atoms with Gasteiger partial charge < -0.3 is 75.0 Å². The molecule has 2 aromatic rings. The largest absolute Gasteiger partial charge is 1.00 e. The molecule has 242 valence electrons. The van der Waals surface area contributed by atoms with E-state index in [1.165, 1.54) is 24.3 Å². The van der Waals surface area contributed by atoms with Crippen LogP contribution in [0.4, 0.5) is 0 Å². The molecule has 0 amide bonds. The average Bonchev–Trinajstić information content (AvgIpc) is 2.91. The van der Waals surface area contributed by atoms with E-state index in [1.54, 1.807) is 24.3 Å². The van der Waals surface area contributed by atoms with Crippen LogP contribution < -0.4 is 208 Å². The van der Waals surface area contributed by atoms with E-state index in [-0.39, 0.29) is 233 Å². The van der Waals surface area contributed by atoms with Crippen LogP contribution >= 0.6 is 0 Å². The Bertz CT molecular complexity index is 1170. The molecule has 0 aliphatic carbocycles. The third-order valence-corrected chi connectivity index (χ3v) is 4.88. The quantitative estimate of drug-likeness (QED) is 0.106. The number of carboxylic acid groups (broad SMARTS) is 6. The minimum atomic E-state index is -1.55. The molecule has 2 aromatic carbocycles. The first-order chi connectivity index (χ1) is 20.5. The van der Waals surface area contributed by atoms with Crippen molar-refractivity contribution in [2.24, 2.45) is 0 Å². The predicted octanol–water partition coefficient (Wildman–Crippen LogP) is -25.0. The van der Waals surface area contributed by atoms with Crippen molar-refractivity contribution in [3.05, 3.63) is 70.8 Å². The molecule has 0 radical (unpaired) electrons. The molecule has 0 aromatic heterocycles. The second-order valence-electron chi connectivity index (χ2n) is 8.56. The van der Waals surface area contributed by atoms with Gasteiger partial charge in [0.25, 0.3) is 0 Å². The third kappa shape index (κ3) is 37.3. The van der Waals surface area contributed by atoms with Gasteiger partial charge in [-0.15, -0.1) is 0 Å². The molecular formula is C26H27N3Na6O15. The van der Waals surface area contributed by atoms with Crippen LogP contribution in [0.25, 0.3) is 0 Å². The summed E-state index contributed by atoms with van der Waals surface area (Å²) in [5.74, 6) is -8.18. The Morgan fingerprint density at radius 2 is 0.720 bits per heavy atom. The monoisotopic (exact) mass is 759 g/mol. The molecular weight excluding hydrogens is 732 g/mol. The Morgan fingerprint density at radius 1 is 0.440 bits per heavy atom. The number of aromatic carboxylic acids is 2. The standard InChI is InChI=1S/C16H15NO5.C6H11NO5.C4H7NO5.6Na/c18-15(19)13-5-1-11(2-6-13)9-17(22)10-12-3-7-14(8-4-12)16(20)21;8-5(9)1-3-7(12)4-2-6(10)11;6-3(7)1-5(10)2-4(8)9;;;;;;/h1-8,22H,9-10H2,(H,18,19)(H,20,21);12H,1-4H2,(H,8,9)(H,10,11);10H,1-2H2,(H,6,7)(H,8,9);;;;;;/q;;;6*+1/p-6. The second-order valence-corrected chi connectivity index (χ2v) is 8.56. The Kier molecular flexibility index (Phi) is 50.5. The summed E-state index contributed by atoms with van der Waals surface area (Å²) < 4.78 is 0. The van der Waals surface area contributed by atoms with Gasteiger partial charge in [-0.2, -0.15) is 15.2 Å². The molecule has 0 fully saturated rings. The fourth-order valence-corrected chi connectivity index (χ4v) is 2.88. The first kappa shape index (κ1) is 65.9. The van der Waals surface area contributed by atoms with Crippen molar-refractivity contribution < 1.29 is 252 Å². The summed E-state index contributed by atoms with van der Waals surface area (Å²) in [6.07, 6.45) is -0.660. The van der Waals surface area contributed by atoms with Crippen LogP contribution in [0.3, 0.4) is 0 Å². The Labute approximate surface area is 419 Å². The van der Waals surface area contributed by atoms with Gasteiger partial charge in [-0.25, -0.2) is 0 Å². The Hall–Kier alpha value is 1.02. The smallest absolute Gasteiger partial charge is 0.550 e. The molecule has 2 rings (SSSR count). The number of carbonyl (C=O) groups is 6. The molecule has 0 saturated carbocycles. The van der Waals surface area contributed by atoms with Gasteiger partial charge in [-0.3, -0.25) is 0 Å². The summed E-state index contributed by atoms with van der Waals surface area (Å²) in [5.41, 5.74) is 1.62. The Morgan fingerprint density at radius 3 is 0.940 bits per heavy atom. The fraction of sp³-hybridized carbons (Fsp3) is 0.308. The molecule has 24 heteroatoms. The summed E-state index contributed by atoms with van der Waals surface area (Å²) in [6, 6.07) is 12.0. The van der Waals surface area contributed by atoms with E-state index in [4.69, 9.17) is 10.4 Å². The number of carboxylic acids is 6. The van der Waals surface area contributed by atoms with Crippen molar-refractivity contribution >= 4 is 35.8 Å². The van der Waals surface area contributed by atoms with Crippen LogP contribution in [0.2, 0.25) is 0 Å². The molecule has 0 unspecified atom stereocenters. The average molecular weight is 759 g/mol. The number of carbonyl (C=O) groups excluding carboxylic acids is 6. The number of benzene rings is 2. The summed E-state index contributed by atoms with van der Waals surface area (Å²) >= 11 is 0. The first-order valence-corrected chi connectivity index (χ1v) is 12.2. The van der Waals surface area contributed by atoms with Gasteiger partial charge in [0.05, 0.1) is 37.0 Å². The van der Waals surface area contributed by atoms with E-state index in [2.05, 4.69) is 0 Å². The summed E-state index contributed by atoms with van der Waals surface area (Å²) in [5, 5.41) is 89.1. The van der Waals surface area contributed by atoms with Crippen molar-refractivity contribution in [2.75, 3.05) is 26.2 Å². The van der Waals surface area contributed by atoms with Crippen LogP contribution in [-0.4, -0.2) is 92.8 Å². The molecule has 0 spiro atoms. The van der Waals surface area contributed by atoms with E-state index in [1.807, 2.05) is 0 Å². The number of hydrogen-bond donors (Lipinski definition) is 3. The molecule has 0 aliphatic heterocycles. The summed E-state index contributed by atoms with van der Waals surface area (Å²) in [7, 11) is 0. The maximum absolute atomic E-state index is 10.6. The van der Waals surface area contributed by atoms with Gasteiger partial charge in [0.15, 0.2) is 0 Å². The zero-order chi connectivity index (χ0) is 33.8. The van der Waals surface area contributed by atoms with E-state index in [9.17, 15) is 64.6 Å². The molecule has 0 heterocycles. The summed E-state index contributed by atoms with van der Waals surface area (Å²) in [4.78, 5) is 60.3. The number of nitrogens with zero attached hydrogens (tertiary/aromatic N) is 3. The van der Waals surface area contributed by atoms with E-state index >= 15 is 0 Å². The zero-order valence-corrected chi connectivity index (χ0v) is 40.9. The molecule has 18 nitrogen and oxygen atoms in total. The second kappa shape index (κ2) is 38.3. The summed E-state index contributed by atoms with van der Waals surface area (Å²) in [6.45, 7) is -1.56. The van der Waals surface area contributed by atoms with Gasteiger partial charge in [0, 0.05) is 51.0 Å². The Balaban J connectivity index is -0.000000115. The number of aliphatic carboxylic acids is 4. The molecule has 0 aliphatic rings. The maximum atomic E-state index is 10.6. The van der Waals surface area contributed by atoms with Crippen LogP contribution in [0.5, 0.6) is 0 Å².